The van der Waals surface area contributed by atoms with Gasteiger partial charge in [0.15, 0.2) is 0 Å². The fourth-order valence-electron chi connectivity index (χ4n) is 1.44. The van der Waals surface area contributed by atoms with Crippen molar-refractivity contribution in [2.75, 3.05) is 5.32 Å². The van der Waals surface area contributed by atoms with Crippen LogP contribution in [-0.2, 0) is 0 Å². The van der Waals surface area contributed by atoms with Crippen molar-refractivity contribution in [2.45, 2.75) is 6.92 Å². The second-order valence-electron chi connectivity index (χ2n) is 3.71. The monoisotopic (exact) mass is 278 g/mol. The quantitative estimate of drug-likeness (QED) is 0.845. The Morgan fingerprint density at radius 2 is 2.11 bits per heavy atom. The Kier molecular flexibility index (Phi) is 3.74. The summed E-state index contributed by atoms with van der Waals surface area (Å²) in [5.41, 5.74) is 7.79. The molecule has 0 aliphatic rings. The third kappa shape index (κ3) is 2.75. The van der Waals surface area contributed by atoms with Crippen molar-refractivity contribution < 1.29 is 0 Å². The molecule has 0 amide bonds. The number of halogens is 1. The summed E-state index contributed by atoms with van der Waals surface area (Å²) in [6.07, 6.45) is 3.09. The first-order chi connectivity index (χ1) is 8.58. The Hall–Kier alpha value is -1.72. The lowest BCUT2D eigenvalue weighted by molar-refractivity contribution is 1.17. The van der Waals surface area contributed by atoms with Crippen LogP contribution in [0, 0.1) is 6.92 Å². The molecule has 0 radical (unpaired) electrons. The van der Waals surface area contributed by atoms with E-state index in [1.54, 1.807) is 6.20 Å². The molecule has 6 heteroatoms. The number of nitrogens with one attached hydrogen (secondary N) is 1. The lowest BCUT2D eigenvalue weighted by Gasteiger charge is -2.10. The summed E-state index contributed by atoms with van der Waals surface area (Å²) in [6.45, 7) is 1.96. The Morgan fingerprint density at radius 1 is 1.33 bits per heavy atom. The molecule has 4 nitrogen and oxygen atoms in total. The Labute approximate surface area is 115 Å². The van der Waals surface area contributed by atoms with Gasteiger partial charge >= 0.3 is 0 Å². The molecule has 0 fully saturated rings. The van der Waals surface area contributed by atoms with Gasteiger partial charge in [-0.1, -0.05) is 36.0 Å². The van der Waals surface area contributed by atoms with Gasteiger partial charge in [-0.3, -0.25) is 0 Å². The van der Waals surface area contributed by atoms with Gasteiger partial charge < -0.3 is 11.1 Å². The predicted molar refractivity (Wildman–Crippen MR) is 77.4 cm³/mol. The lowest BCUT2D eigenvalue weighted by atomic mass is 10.2. The highest BCUT2D eigenvalue weighted by Gasteiger charge is 2.05. The van der Waals surface area contributed by atoms with Gasteiger partial charge in [0.25, 0.3) is 0 Å². The number of aryl methyl sites for hydroxylation is 1. The molecule has 3 N–H and O–H groups in total. The van der Waals surface area contributed by atoms with Crippen LogP contribution in [0.25, 0.3) is 0 Å². The van der Waals surface area contributed by atoms with E-state index >= 15 is 0 Å². The summed E-state index contributed by atoms with van der Waals surface area (Å²) in [4.78, 5) is 8.50. The average Bonchev–Trinajstić information content (AvgIpc) is 2.34. The van der Waals surface area contributed by atoms with E-state index in [0.29, 0.717) is 16.5 Å². The number of rotatable bonds is 3. The number of thiocarbonyl (C=S) groups is 1. The lowest BCUT2D eigenvalue weighted by Crippen LogP contribution is -2.12. The predicted octanol–water partition coefficient (Wildman–Crippen LogP) is 2.82. The summed E-state index contributed by atoms with van der Waals surface area (Å²) in [5.74, 6) is 0.589. The van der Waals surface area contributed by atoms with Crippen LogP contribution >= 0.6 is 23.8 Å². The summed E-state index contributed by atoms with van der Waals surface area (Å²) in [6, 6.07) is 5.67. The van der Waals surface area contributed by atoms with Gasteiger partial charge in [0.1, 0.15) is 16.5 Å². The van der Waals surface area contributed by atoms with Crippen molar-refractivity contribution >= 4 is 40.3 Å². The van der Waals surface area contributed by atoms with Crippen molar-refractivity contribution in [1.29, 1.82) is 0 Å². The third-order valence-corrected chi connectivity index (χ3v) is 2.90. The highest BCUT2D eigenvalue weighted by atomic mass is 35.5. The van der Waals surface area contributed by atoms with Crippen LogP contribution in [0.4, 0.5) is 11.5 Å². The minimum absolute atomic E-state index is 0.225. The normalized spacial score (nSPS) is 10.1. The first-order valence-corrected chi connectivity index (χ1v) is 6.00. The van der Waals surface area contributed by atoms with Crippen molar-refractivity contribution in [1.82, 2.24) is 9.97 Å². The van der Waals surface area contributed by atoms with E-state index in [4.69, 9.17) is 29.6 Å². The minimum atomic E-state index is 0.225. The summed E-state index contributed by atoms with van der Waals surface area (Å²) in [5, 5.41) is 3.75. The molecule has 2 rings (SSSR count). The number of hydrogen-bond acceptors (Lipinski definition) is 4. The molecule has 92 valence electrons. The molecule has 0 saturated heterocycles. The Bertz CT molecular complexity index is 563. The molecule has 1 aromatic carbocycles. The number of anilines is 2. The number of hydrogen-bond donors (Lipinski definition) is 2. The maximum Gasteiger partial charge on any atom is 0.148 e. The number of benzene rings is 1. The Balaban J connectivity index is 2.26. The number of nitrogens with two attached hydrogens (primary N) is 1. The van der Waals surface area contributed by atoms with Crippen LogP contribution in [0.2, 0.25) is 5.02 Å². The van der Waals surface area contributed by atoms with Crippen LogP contribution in [0.3, 0.4) is 0 Å². The maximum atomic E-state index is 6.11. The molecule has 0 aliphatic carbocycles. The average molecular weight is 279 g/mol. The SMILES string of the molecule is Cc1cccc(Cl)c1Nc1cnc(C(N)=S)cn1. The molecule has 0 unspecified atom stereocenters. The minimum Gasteiger partial charge on any atom is -0.388 e. The van der Waals surface area contributed by atoms with Crippen LogP contribution < -0.4 is 11.1 Å². The second-order valence-corrected chi connectivity index (χ2v) is 4.55. The zero-order valence-corrected chi connectivity index (χ0v) is 11.2. The van der Waals surface area contributed by atoms with E-state index < -0.39 is 0 Å². The summed E-state index contributed by atoms with van der Waals surface area (Å²) >= 11 is 10.9. The van der Waals surface area contributed by atoms with E-state index in [1.165, 1.54) is 6.20 Å². The maximum absolute atomic E-state index is 6.11. The molecular formula is C12H11ClN4S. The molecule has 0 atom stereocenters. The van der Waals surface area contributed by atoms with Gasteiger partial charge in [0, 0.05) is 0 Å². The molecular weight excluding hydrogens is 268 g/mol. The zero-order chi connectivity index (χ0) is 13.1. The van der Waals surface area contributed by atoms with Gasteiger partial charge in [-0.05, 0) is 18.6 Å². The van der Waals surface area contributed by atoms with E-state index in [1.807, 2.05) is 25.1 Å². The first kappa shape index (κ1) is 12.7. The fraction of sp³-hybridized carbons (Fsp3) is 0.0833. The van der Waals surface area contributed by atoms with Crippen LogP contribution in [0.15, 0.2) is 30.6 Å². The zero-order valence-electron chi connectivity index (χ0n) is 9.64. The van der Waals surface area contributed by atoms with Crippen LogP contribution in [0.5, 0.6) is 0 Å². The largest absolute Gasteiger partial charge is 0.388 e. The second kappa shape index (κ2) is 5.29. The smallest absolute Gasteiger partial charge is 0.148 e. The highest BCUT2D eigenvalue weighted by molar-refractivity contribution is 7.80. The van der Waals surface area contributed by atoms with E-state index in [-0.39, 0.29) is 4.99 Å². The van der Waals surface area contributed by atoms with Gasteiger partial charge in [-0.25, -0.2) is 9.97 Å². The number of para-hydroxylation sites is 1. The first-order valence-electron chi connectivity index (χ1n) is 5.22. The molecule has 0 saturated carbocycles. The summed E-state index contributed by atoms with van der Waals surface area (Å²) < 4.78 is 0. The van der Waals surface area contributed by atoms with Crippen LogP contribution in [-0.4, -0.2) is 15.0 Å². The highest BCUT2D eigenvalue weighted by Crippen LogP contribution is 2.27. The van der Waals surface area contributed by atoms with Crippen molar-refractivity contribution in [3.8, 4) is 0 Å². The van der Waals surface area contributed by atoms with Crippen molar-refractivity contribution in [3.05, 3.63) is 46.9 Å². The van der Waals surface area contributed by atoms with Crippen molar-refractivity contribution in [2.24, 2.45) is 5.73 Å². The molecule has 1 heterocycles. The fourth-order valence-corrected chi connectivity index (χ4v) is 1.81. The van der Waals surface area contributed by atoms with E-state index in [2.05, 4.69) is 15.3 Å². The van der Waals surface area contributed by atoms with Gasteiger partial charge in [-0.2, -0.15) is 0 Å². The number of nitrogens with zero attached hydrogens (tertiary/aromatic N) is 2. The van der Waals surface area contributed by atoms with Gasteiger partial charge in [-0.15, -0.1) is 0 Å². The molecule has 2 aromatic rings. The molecule has 1 aromatic heterocycles. The standard InChI is InChI=1S/C12H11ClN4S/c1-7-3-2-4-8(13)11(7)17-10-6-15-9(5-16-10)12(14)18/h2-6H,1H3,(H2,14,18)(H,16,17). The van der Waals surface area contributed by atoms with Gasteiger partial charge in [0.2, 0.25) is 0 Å². The number of aromatic nitrogens is 2. The van der Waals surface area contributed by atoms with Crippen LogP contribution in [0.1, 0.15) is 11.3 Å². The molecule has 0 spiro atoms. The summed E-state index contributed by atoms with van der Waals surface area (Å²) in [7, 11) is 0. The van der Waals surface area contributed by atoms with E-state index in [9.17, 15) is 0 Å². The molecule has 0 aliphatic heterocycles. The molecule has 18 heavy (non-hydrogen) atoms. The van der Waals surface area contributed by atoms with Gasteiger partial charge in [0.05, 0.1) is 23.1 Å². The molecule has 0 bridgehead atoms. The third-order valence-electron chi connectivity index (χ3n) is 2.38. The van der Waals surface area contributed by atoms with E-state index in [0.717, 1.165) is 11.3 Å². The Morgan fingerprint density at radius 3 is 2.67 bits per heavy atom. The van der Waals surface area contributed by atoms with Crippen molar-refractivity contribution in [3.63, 3.8) is 0 Å². The topological polar surface area (TPSA) is 63.8 Å².